The molecule has 1 N–H and O–H groups in total. The van der Waals surface area contributed by atoms with Crippen LogP contribution in [0.4, 0.5) is 4.79 Å². The number of carbonyl (C=O) groups excluding carboxylic acids is 3. The number of fused-ring (bicyclic) bond motifs is 1. The zero-order valence-corrected chi connectivity index (χ0v) is 18.7. The van der Waals surface area contributed by atoms with Gasteiger partial charge in [0.25, 0.3) is 0 Å². The van der Waals surface area contributed by atoms with E-state index in [1.165, 1.54) is 26.4 Å². The Labute approximate surface area is 188 Å². The highest BCUT2D eigenvalue weighted by atomic mass is 16.7. The second-order valence-electron chi connectivity index (χ2n) is 7.75. The van der Waals surface area contributed by atoms with E-state index in [0.29, 0.717) is 13.2 Å². The number of carbonyl (C=O) groups is 1. The standard InChI is InChI=1S/C22H33NO6.CO2/c1-3-4-5-6-10-13-27-19-17(15-24)28-21(26-2)18-20(19)29-22(25)23(18)14-16-11-8-7-9-12-16;2-1-3/h7-9,11-12,17-21,24H,3-6,10,13-15H2,1-2H3;. The van der Waals surface area contributed by atoms with Crippen LogP contribution in [0.25, 0.3) is 0 Å². The van der Waals surface area contributed by atoms with Crippen LogP contribution in [0, 0.1) is 0 Å². The van der Waals surface area contributed by atoms with Crippen molar-refractivity contribution in [2.75, 3.05) is 20.3 Å². The minimum atomic E-state index is -0.684. The Bertz CT molecular complexity index is 709. The first-order valence-electron chi connectivity index (χ1n) is 11.0. The molecule has 2 fully saturated rings. The van der Waals surface area contributed by atoms with Gasteiger partial charge >= 0.3 is 12.2 Å². The number of hydrogen-bond donors (Lipinski definition) is 1. The smallest absolute Gasteiger partial charge is 0.411 e. The van der Waals surface area contributed by atoms with Gasteiger partial charge in [0.2, 0.25) is 0 Å². The predicted octanol–water partition coefficient (Wildman–Crippen LogP) is 2.51. The number of aliphatic hydroxyl groups is 1. The van der Waals surface area contributed by atoms with Gasteiger partial charge in [-0.2, -0.15) is 9.59 Å². The molecule has 178 valence electrons. The van der Waals surface area contributed by atoms with E-state index in [1.54, 1.807) is 4.90 Å². The third-order valence-electron chi connectivity index (χ3n) is 5.61. The molecule has 5 atom stereocenters. The molecule has 0 aromatic heterocycles. The largest absolute Gasteiger partial charge is 0.441 e. The fourth-order valence-corrected chi connectivity index (χ4v) is 4.08. The average Bonchev–Trinajstić information content (AvgIpc) is 3.13. The summed E-state index contributed by atoms with van der Waals surface area (Å²) in [5, 5.41) is 9.82. The number of ether oxygens (including phenoxy) is 4. The van der Waals surface area contributed by atoms with E-state index in [1.807, 2.05) is 30.3 Å². The fraction of sp³-hybridized carbons (Fsp3) is 0.652. The molecule has 5 unspecified atom stereocenters. The summed E-state index contributed by atoms with van der Waals surface area (Å²) in [6.45, 7) is 2.91. The van der Waals surface area contributed by atoms with E-state index >= 15 is 0 Å². The molecular formula is C23H33NO8. The third-order valence-corrected chi connectivity index (χ3v) is 5.61. The molecule has 0 radical (unpaired) electrons. The van der Waals surface area contributed by atoms with E-state index < -0.39 is 36.7 Å². The van der Waals surface area contributed by atoms with E-state index in [2.05, 4.69) is 6.92 Å². The maximum absolute atomic E-state index is 12.7. The van der Waals surface area contributed by atoms with Crippen LogP contribution in [0.1, 0.15) is 44.6 Å². The van der Waals surface area contributed by atoms with Crippen LogP contribution in [-0.2, 0) is 35.1 Å². The molecule has 0 aliphatic carbocycles. The Hall–Kier alpha value is -2.29. The molecule has 2 saturated heterocycles. The Balaban J connectivity index is 0.00000114. The van der Waals surface area contributed by atoms with Crippen LogP contribution in [-0.4, -0.2) is 73.2 Å². The van der Waals surface area contributed by atoms with E-state index in [-0.39, 0.29) is 12.8 Å². The van der Waals surface area contributed by atoms with Crippen molar-refractivity contribution in [3.05, 3.63) is 35.9 Å². The minimum Gasteiger partial charge on any atom is -0.441 e. The summed E-state index contributed by atoms with van der Waals surface area (Å²) in [4.78, 5) is 30.6. The fourth-order valence-electron chi connectivity index (χ4n) is 4.08. The second kappa shape index (κ2) is 14.0. The van der Waals surface area contributed by atoms with Gasteiger partial charge in [0, 0.05) is 20.3 Å². The third kappa shape index (κ3) is 6.85. The highest BCUT2D eigenvalue weighted by Crippen LogP contribution is 2.35. The van der Waals surface area contributed by atoms with Gasteiger partial charge in [-0.25, -0.2) is 4.79 Å². The lowest BCUT2D eigenvalue weighted by Gasteiger charge is -2.42. The molecule has 2 heterocycles. The first-order chi connectivity index (χ1) is 15.6. The normalized spacial score (nSPS) is 26.5. The molecule has 2 aliphatic rings. The zero-order chi connectivity index (χ0) is 23.3. The number of rotatable bonds is 11. The average molecular weight is 452 g/mol. The Morgan fingerprint density at radius 2 is 1.81 bits per heavy atom. The maximum Gasteiger partial charge on any atom is 0.411 e. The minimum absolute atomic E-state index is 0.222. The van der Waals surface area contributed by atoms with Gasteiger partial charge < -0.3 is 24.1 Å². The van der Waals surface area contributed by atoms with Crippen molar-refractivity contribution in [2.45, 2.75) is 76.2 Å². The van der Waals surface area contributed by atoms with E-state index in [0.717, 1.165) is 18.4 Å². The number of benzene rings is 1. The van der Waals surface area contributed by atoms with Crippen molar-refractivity contribution in [2.24, 2.45) is 0 Å². The van der Waals surface area contributed by atoms with Crippen LogP contribution < -0.4 is 0 Å². The first-order valence-corrected chi connectivity index (χ1v) is 11.0. The Morgan fingerprint density at radius 3 is 2.44 bits per heavy atom. The van der Waals surface area contributed by atoms with Gasteiger partial charge in [-0.15, -0.1) is 0 Å². The van der Waals surface area contributed by atoms with Gasteiger partial charge in [0.05, 0.1) is 6.61 Å². The summed E-state index contributed by atoms with van der Waals surface area (Å²) in [6, 6.07) is 9.31. The number of amides is 1. The maximum atomic E-state index is 12.7. The summed E-state index contributed by atoms with van der Waals surface area (Å²) in [5.41, 5.74) is 0.998. The van der Waals surface area contributed by atoms with Crippen molar-refractivity contribution in [3.8, 4) is 0 Å². The van der Waals surface area contributed by atoms with Crippen LogP contribution in [0.2, 0.25) is 0 Å². The van der Waals surface area contributed by atoms with Gasteiger partial charge in [-0.3, -0.25) is 4.90 Å². The Kier molecular flexibility index (Phi) is 11.3. The number of methoxy groups -OCH3 is 1. The highest BCUT2D eigenvalue weighted by Gasteiger charge is 2.56. The molecule has 1 aromatic rings. The summed E-state index contributed by atoms with van der Waals surface area (Å²) < 4.78 is 23.3. The molecule has 0 spiro atoms. The van der Waals surface area contributed by atoms with Crippen molar-refractivity contribution in [1.29, 1.82) is 0 Å². The highest BCUT2D eigenvalue weighted by molar-refractivity contribution is 5.71. The van der Waals surface area contributed by atoms with E-state index in [9.17, 15) is 9.90 Å². The quantitative estimate of drug-likeness (QED) is 0.511. The van der Waals surface area contributed by atoms with Crippen LogP contribution in [0.15, 0.2) is 30.3 Å². The topological polar surface area (TPSA) is 112 Å². The molecule has 1 amide bonds. The number of hydrogen-bond acceptors (Lipinski definition) is 8. The molecule has 0 saturated carbocycles. The van der Waals surface area contributed by atoms with Gasteiger partial charge in [-0.1, -0.05) is 62.9 Å². The van der Waals surface area contributed by atoms with E-state index in [4.69, 9.17) is 28.5 Å². The summed E-state index contributed by atoms with van der Waals surface area (Å²) in [7, 11) is 1.54. The van der Waals surface area contributed by atoms with Crippen LogP contribution in [0.5, 0.6) is 0 Å². The molecule has 1 aromatic carbocycles. The number of unbranched alkanes of at least 4 members (excludes halogenated alkanes) is 4. The van der Waals surface area contributed by atoms with Crippen LogP contribution >= 0.6 is 0 Å². The summed E-state index contributed by atoms with van der Waals surface area (Å²) in [5.74, 6) is 0. The molecule has 9 nitrogen and oxygen atoms in total. The van der Waals surface area contributed by atoms with Gasteiger partial charge in [-0.05, 0) is 12.0 Å². The lowest BCUT2D eigenvalue weighted by molar-refractivity contribution is -0.268. The van der Waals surface area contributed by atoms with Crippen molar-refractivity contribution in [3.63, 3.8) is 0 Å². The van der Waals surface area contributed by atoms with Crippen LogP contribution in [0.3, 0.4) is 0 Å². The molecule has 3 rings (SSSR count). The first kappa shape index (κ1) is 26.0. The predicted molar refractivity (Wildman–Crippen MR) is 112 cm³/mol. The zero-order valence-electron chi connectivity index (χ0n) is 18.7. The lowest BCUT2D eigenvalue weighted by atomic mass is 9.96. The molecule has 9 heteroatoms. The molecular weight excluding hydrogens is 418 g/mol. The van der Waals surface area contributed by atoms with Crippen molar-refractivity contribution >= 4 is 12.2 Å². The molecule has 32 heavy (non-hydrogen) atoms. The van der Waals surface area contributed by atoms with Crippen molar-refractivity contribution in [1.82, 2.24) is 4.90 Å². The van der Waals surface area contributed by atoms with Crippen molar-refractivity contribution < 1.29 is 38.4 Å². The summed E-state index contributed by atoms with van der Waals surface area (Å²) in [6.07, 6.45) is 3.12. The number of aliphatic hydroxyl groups excluding tert-OH is 1. The Morgan fingerprint density at radius 1 is 1.12 bits per heavy atom. The molecule has 2 aliphatic heterocycles. The summed E-state index contributed by atoms with van der Waals surface area (Å²) >= 11 is 0. The second-order valence-corrected chi connectivity index (χ2v) is 7.75. The molecule has 0 bridgehead atoms. The lowest BCUT2D eigenvalue weighted by Crippen LogP contribution is -2.61. The number of nitrogens with zero attached hydrogens (tertiary/aromatic N) is 1. The SMILES string of the molecule is CCCCCCCOC1C(CO)OC(OC)C2C1OC(=O)N2Cc1ccccc1.O=C=O. The van der Waals surface area contributed by atoms with Gasteiger partial charge in [0.15, 0.2) is 12.4 Å². The monoisotopic (exact) mass is 451 g/mol. The van der Waals surface area contributed by atoms with Gasteiger partial charge in [0.1, 0.15) is 18.2 Å².